The third kappa shape index (κ3) is 2.73. The lowest BCUT2D eigenvalue weighted by atomic mass is 10.0. The highest BCUT2D eigenvalue weighted by Gasteiger charge is 2.32. The number of carbonyl (C=O) groups is 1. The molecule has 1 heterocycles. The summed E-state index contributed by atoms with van der Waals surface area (Å²) < 4.78 is 27.3. The average Bonchev–Trinajstić information content (AvgIpc) is 2.57. The van der Waals surface area contributed by atoms with Gasteiger partial charge in [0.25, 0.3) is 10.0 Å². The van der Waals surface area contributed by atoms with Gasteiger partial charge in [0.05, 0.1) is 10.6 Å². The number of sulfonamides is 1. The highest BCUT2D eigenvalue weighted by Crippen LogP contribution is 2.30. The Kier molecular flexibility index (Phi) is 3.92. The Bertz CT molecular complexity index is 887. The van der Waals surface area contributed by atoms with E-state index in [0.29, 0.717) is 23.4 Å². The van der Waals surface area contributed by atoms with Crippen molar-refractivity contribution >= 4 is 21.5 Å². The van der Waals surface area contributed by atoms with Crippen LogP contribution < -0.4 is 10.0 Å². The number of allylic oxidation sites excluding steroid dienone is 1. The van der Waals surface area contributed by atoms with Crippen LogP contribution in [0.1, 0.15) is 22.8 Å². The van der Waals surface area contributed by atoms with Crippen molar-refractivity contribution in [3.63, 3.8) is 0 Å². The highest BCUT2D eigenvalue weighted by molar-refractivity contribution is 7.89. The first-order chi connectivity index (χ1) is 11.0. The van der Waals surface area contributed by atoms with Gasteiger partial charge in [0, 0.05) is 17.7 Å². The molecule has 0 bridgehead atoms. The molecule has 0 aromatic heterocycles. The van der Waals surface area contributed by atoms with E-state index in [-0.39, 0.29) is 16.4 Å². The molecule has 0 saturated carbocycles. The molecule has 6 heteroatoms. The average molecular weight is 328 g/mol. The molecule has 23 heavy (non-hydrogen) atoms. The van der Waals surface area contributed by atoms with Gasteiger partial charge >= 0.3 is 0 Å². The van der Waals surface area contributed by atoms with E-state index in [1.807, 2.05) is 6.92 Å². The molecule has 118 valence electrons. The summed E-state index contributed by atoms with van der Waals surface area (Å²) in [6, 6.07) is 15.2. The largest absolute Gasteiger partial charge is 0.383 e. The lowest BCUT2D eigenvalue weighted by Gasteiger charge is -2.24. The predicted octanol–water partition coefficient (Wildman–Crippen LogP) is 2.14. The molecule has 1 aliphatic heterocycles. The van der Waals surface area contributed by atoms with Crippen molar-refractivity contribution in [2.75, 3.05) is 6.54 Å². The minimum atomic E-state index is -3.76. The molecule has 2 N–H and O–H groups in total. The maximum Gasteiger partial charge on any atom is 0.262 e. The molecule has 0 aliphatic carbocycles. The SMILES string of the molecule is CCNC1=C(C(=O)c2ccccc2)NS(=O)(=O)c2ccccc21. The Morgan fingerprint density at radius 3 is 2.39 bits per heavy atom. The monoisotopic (exact) mass is 328 g/mol. The number of hydrogen-bond acceptors (Lipinski definition) is 4. The van der Waals surface area contributed by atoms with Crippen LogP contribution in [0.4, 0.5) is 0 Å². The zero-order chi connectivity index (χ0) is 16.4. The van der Waals surface area contributed by atoms with Gasteiger partial charge < -0.3 is 5.32 Å². The van der Waals surface area contributed by atoms with Gasteiger partial charge in [0.1, 0.15) is 5.70 Å². The van der Waals surface area contributed by atoms with Crippen LogP contribution in [0.2, 0.25) is 0 Å². The van der Waals surface area contributed by atoms with Crippen LogP contribution in [0.15, 0.2) is 65.2 Å². The van der Waals surface area contributed by atoms with Crippen molar-refractivity contribution in [1.82, 2.24) is 10.0 Å². The van der Waals surface area contributed by atoms with Gasteiger partial charge in [-0.1, -0.05) is 48.5 Å². The number of carbonyl (C=O) groups excluding carboxylic acids is 1. The van der Waals surface area contributed by atoms with E-state index >= 15 is 0 Å². The van der Waals surface area contributed by atoms with Crippen LogP contribution in [0.25, 0.3) is 5.70 Å². The second-order valence-electron chi connectivity index (χ2n) is 5.08. The fourth-order valence-corrected chi connectivity index (χ4v) is 3.83. The molecule has 0 fully saturated rings. The van der Waals surface area contributed by atoms with E-state index in [1.54, 1.807) is 48.5 Å². The number of fused-ring (bicyclic) bond motifs is 1. The van der Waals surface area contributed by atoms with Crippen LogP contribution >= 0.6 is 0 Å². The van der Waals surface area contributed by atoms with Gasteiger partial charge in [0.15, 0.2) is 0 Å². The maximum absolute atomic E-state index is 12.8. The molecule has 2 aromatic rings. The fourth-order valence-electron chi connectivity index (χ4n) is 2.54. The Morgan fingerprint density at radius 2 is 1.70 bits per heavy atom. The predicted molar refractivity (Wildman–Crippen MR) is 88.1 cm³/mol. The van der Waals surface area contributed by atoms with Crippen LogP contribution in [0.3, 0.4) is 0 Å². The molecule has 0 atom stereocenters. The lowest BCUT2D eigenvalue weighted by molar-refractivity contribution is 0.103. The van der Waals surface area contributed by atoms with E-state index < -0.39 is 10.0 Å². The Hall–Kier alpha value is -2.60. The molecule has 0 radical (unpaired) electrons. The van der Waals surface area contributed by atoms with Gasteiger partial charge in [-0.25, -0.2) is 8.42 Å². The zero-order valence-corrected chi connectivity index (χ0v) is 13.4. The number of nitrogens with one attached hydrogen (secondary N) is 2. The smallest absolute Gasteiger partial charge is 0.262 e. The molecule has 3 rings (SSSR count). The minimum Gasteiger partial charge on any atom is -0.383 e. The van der Waals surface area contributed by atoms with Gasteiger partial charge in [-0.05, 0) is 13.0 Å². The highest BCUT2D eigenvalue weighted by atomic mass is 32.2. The first kappa shape index (κ1) is 15.3. The van der Waals surface area contributed by atoms with Crippen molar-refractivity contribution in [2.45, 2.75) is 11.8 Å². The molecule has 0 amide bonds. The fraction of sp³-hybridized carbons (Fsp3) is 0.118. The van der Waals surface area contributed by atoms with E-state index in [9.17, 15) is 13.2 Å². The van der Waals surface area contributed by atoms with E-state index in [4.69, 9.17) is 0 Å². The second kappa shape index (κ2) is 5.89. The summed E-state index contributed by atoms with van der Waals surface area (Å²) >= 11 is 0. The standard InChI is InChI=1S/C17H16N2O3S/c1-2-18-15-13-10-6-7-11-14(13)23(21,22)19-16(15)17(20)12-8-4-3-5-9-12/h3-11,18-19H,2H2,1H3. The number of benzene rings is 2. The number of hydrogen-bond donors (Lipinski definition) is 2. The van der Waals surface area contributed by atoms with E-state index in [1.165, 1.54) is 6.07 Å². The molecule has 2 aromatic carbocycles. The summed E-state index contributed by atoms with van der Waals surface area (Å²) in [6.45, 7) is 2.46. The summed E-state index contributed by atoms with van der Waals surface area (Å²) in [7, 11) is -3.76. The van der Waals surface area contributed by atoms with Gasteiger partial charge in [-0.15, -0.1) is 0 Å². The molecular weight excluding hydrogens is 312 g/mol. The van der Waals surface area contributed by atoms with Crippen molar-refractivity contribution in [1.29, 1.82) is 0 Å². The minimum absolute atomic E-state index is 0.0525. The first-order valence-electron chi connectivity index (χ1n) is 7.24. The van der Waals surface area contributed by atoms with Crippen LogP contribution in [0, 0.1) is 0 Å². The van der Waals surface area contributed by atoms with Crippen molar-refractivity contribution in [2.24, 2.45) is 0 Å². The van der Waals surface area contributed by atoms with Crippen LogP contribution in [0.5, 0.6) is 0 Å². The molecule has 1 aliphatic rings. The van der Waals surface area contributed by atoms with Crippen molar-refractivity contribution in [3.8, 4) is 0 Å². The molecule has 0 saturated heterocycles. The summed E-state index contributed by atoms with van der Waals surface area (Å²) in [6.07, 6.45) is 0. The van der Waals surface area contributed by atoms with Gasteiger partial charge in [0.2, 0.25) is 5.78 Å². The quantitative estimate of drug-likeness (QED) is 0.843. The van der Waals surface area contributed by atoms with Crippen LogP contribution in [-0.2, 0) is 10.0 Å². The van der Waals surface area contributed by atoms with E-state index in [2.05, 4.69) is 10.0 Å². The van der Waals surface area contributed by atoms with Crippen molar-refractivity contribution in [3.05, 3.63) is 71.4 Å². The topological polar surface area (TPSA) is 75.3 Å². The molecule has 0 spiro atoms. The molecular formula is C17H16N2O3S. The van der Waals surface area contributed by atoms with Crippen LogP contribution in [-0.4, -0.2) is 20.7 Å². The Labute approximate surface area is 135 Å². The summed E-state index contributed by atoms with van der Waals surface area (Å²) in [5.41, 5.74) is 1.50. The maximum atomic E-state index is 12.8. The Balaban J connectivity index is 2.22. The van der Waals surface area contributed by atoms with Gasteiger partial charge in [-0.2, -0.15) is 0 Å². The Morgan fingerprint density at radius 1 is 1.04 bits per heavy atom. The van der Waals surface area contributed by atoms with Gasteiger partial charge in [-0.3, -0.25) is 9.52 Å². The zero-order valence-electron chi connectivity index (χ0n) is 12.5. The first-order valence-corrected chi connectivity index (χ1v) is 8.73. The lowest BCUT2D eigenvalue weighted by Crippen LogP contribution is -2.36. The number of ketones is 1. The van der Waals surface area contributed by atoms with E-state index in [0.717, 1.165) is 0 Å². The number of Topliss-reactive ketones (excluding diaryl/α,β-unsaturated/α-hetero) is 1. The summed E-state index contributed by atoms with van der Waals surface area (Å²) in [5.74, 6) is -0.361. The normalized spacial score (nSPS) is 15.5. The molecule has 0 unspecified atom stereocenters. The van der Waals surface area contributed by atoms with Crippen molar-refractivity contribution < 1.29 is 13.2 Å². The third-order valence-corrected chi connectivity index (χ3v) is 4.96. The summed E-state index contributed by atoms with van der Waals surface area (Å²) in [4.78, 5) is 12.9. The number of rotatable bonds is 4. The summed E-state index contributed by atoms with van der Waals surface area (Å²) in [5, 5.41) is 3.11. The second-order valence-corrected chi connectivity index (χ2v) is 6.73. The third-order valence-electron chi connectivity index (χ3n) is 3.55. The molecule has 5 nitrogen and oxygen atoms in total.